The van der Waals surface area contributed by atoms with Crippen molar-refractivity contribution in [1.82, 2.24) is 9.78 Å². The molecule has 7 nitrogen and oxygen atoms in total. The molecule has 0 saturated heterocycles. The molecule has 2 aromatic carbocycles. The van der Waals surface area contributed by atoms with Gasteiger partial charge in [-0.2, -0.15) is 5.10 Å². The number of ether oxygens (including phenoxy) is 2. The second kappa shape index (κ2) is 9.10. The van der Waals surface area contributed by atoms with Crippen molar-refractivity contribution in [2.45, 2.75) is 46.5 Å². The van der Waals surface area contributed by atoms with Crippen LogP contribution >= 0.6 is 0 Å². The minimum atomic E-state index is -0.625. The molecule has 0 radical (unpaired) electrons. The normalized spacial score (nSPS) is 15.1. The average molecular weight is 448 g/mol. The van der Waals surface area contributed by atoms with Crippen LogP contribution in [0.25, 0.3) is 5.69 Å². The Labute approximate surface area is 193 Å². The van der Waals surface area contributed by atoms with Gasteiger partial charge in [-0.25, -0.2) is 4.68 Å². The van der Waals surface area contributed by atoms with Crippen LogP contribution in [-0.4, -0.2) is 35.2 Å². The fraction of sp³-hybridized carbons (Fsp3) is 0.346. The molecule has 1 aromatic heterocycles. The molecule has 0 saturated carbocycles. The minimum Gasteiger partial charge on any atom is -0.493 e. The summed E-state index contributed by atoms with van der Waals surface area (Å²) in [5.74, 6) is 0.678. The van der Waals surface area contributed by atoms with Crippen LogP contribution in [-0.2, 0) is 4.79 Å². The van der Waals surface area contributed by atoms with Gasteiger partial charge in [-0.1, -0.05) is 19.1 Å². The first-order valence-corrected chi connectivity index (χ1v) is 11.2. The quantitative estimate of drug-likeness (QED) is 0.521. The number of amides is 1. The highest BCUT2D eigenvalue weighted by Crippen LogP contribution is 2.40. The van der Waals surface area contributed by atoms with Crippen molar-refractivity contribution in [2.24, 2.45) is 0 Å². The molecule has 7 heteroatoms. The molecule has 4 rings (SSSR count). The van der Waals surface area contributed by atoms with Gasteiger partial charge in [0, 0.05) is 17.5 Å². The fourth-order valence-electron chi connectivity index (χ4n) is 4.26. The van der Waals surface area contributed by atoms with E-state index in [0.717, 1.165) is 34.5 Å². The predicted octanol–water partition coefficient (Wildman–Crippen LogP) is 4.90. The van der Waals surface area contributed by atoms with E-state index in [9.17, 15) is 9.59 Å². The molecule has 0 fully saturated rings. The summed E-state index contributed by atoms with van der Waals surface area (Å²) >= 11 is 0. The van der Waals surface area contributed by atoms with Crippen LogP contribution in [0.4, 0.5) is 5.82 Å². The summed E-state index contributed by atoms with van der Waals surface area (Å²) in [5, 5.41) is 7.66. The molecule has 0 bridgehead atoms. The number of benzene rings is 2. The molecule has 1 aliphatic rings. The lowest BCUT2D eigenvalue weighted by Crippen LogP contribution is -2.28. The first kappa shape index (κ1) is 22.6. The molecule has 1 N–H and O–H groups in total. The highest BCUT2D eigenvalue weighted by atomic mass is 16.5. The number of Topliss-reactive ketones (excluding diaryl/α,β-unsaturated/α-hetero) is 1. The molecule has 0 aliphatic carbocycles. The van der Waals surface area contributed by atoms with Crippen LogP contribution in [0.5, 0.6) is 11.5 Å². The summed E-state index contributed by atoms with van der Waals surface area (Å²) < 4.78 is 12.9. The number of fused-ring (bicyclic) bond motifs is 1. The maximum atomic E-state index is 13.6. The summed E-state index contributed by atoms with van der Waals surface area (Å²) in [5.41, 5.74) is 5.02. The van der Waals surface area contributed by atoms with Crippen molar-refractivity contribution in [3.63, 3.8) is 0 Å². The number of anilines is 1. The Kier molecular flexibility index (Phi) is 6.22. The second-order valence-corrected chi connectivity index (χ2v) is 8.36. The van der Waals surface area contributed by atoms with Crippen molar-refractivity contribution in [3.8, 4) is 17.2 Å². The predicted molar refractivity (Wildman–Crippen MR) is 127 cm³/mol. The lowest BCUT2D eigenvalue weighted by atomic mass is 9.85. The van der Waals surface area contributed by atoms with E-state index in [1.54, 1.807) is 30.0 Å². The van der Waals surface area contributed by atoms with E-state index in [-0.39, 0.29) is 18.1 Å². The SMILES string of the molecule is CCCOc1ccc(C(=O)[C@@H]2CC(=O)Nc3c2c(C)nn3-c2cccc(C)c2C)cc1OC. The standard InChI is InChI=1S/C26H29N3O4/c1-6-12-33-21-11-10-18(13-22(21)32-5)25(31)19-14-23(30)27-26-24(19)17(4)28-29(26)20-9-7-8-15(2)16(20)3/h7-11,13,19H,6,12,14H2,1-5H3,(H,27,30)/t19-/m1/s1. The summed E-state index contributed by atoms with van der Waals surface area (Å²) in [4.78, 5) is 26.3. The van der Waals surface area contributed by atoms with Crippen molar-refractivity contribution in [3.05, 3.63) is 64.3 Å². The fourth-order valence-corrected chi connectivity index (χ4v) is 4.26. The van der Waals surface area contributed by atoms with Gasteiger partial charge in [0.1, 0.15) is 5.82 Å². The number of carbonyl (C=O) groups excluding carboxylic acids is 2. The number of methoxy groups -OCH3 is 1. The number of nitrogens with one attached hydrogen (secondary N) is 1. The molecular formula is C26H29N3O4. The van der Waals surface area contributed by atoms with E-state index in [2.05, 4.69) is 5.32 Å². The number of hydrogen-bond acceptors (Lipinski definition) is 5. The molecule has 0 unspecified atom stereocenters. The van der Waals surface area contributed by atoms with E-state index in [1.807, 2.05) is 45.9 Å². The number of rotatable bonds is 7. The number of ketones is 1. The van der Waals surface area contributed by atoms with Crippen LogP contribution in [0.2, 0.25) is 0 Å². The zero-order chi connectivity index (χ0) is 23.7. The molecule has 1 atom stereocenters. The van der Waals surface area contributed by atoms with Crippen LogP contribution in [0.15, 0.2) is 36.4 Å². The summed E-state index contributed by atoms with van der Waals surface area (Å²) in [6, 6.07) is 11.1. The maximum absolute atomic E-state index is 13.6. The highest BCUT2D eigenvalue weighted by Gasteiger charge is 2.36. The Morgan fingerprint density at radius 2 is 1.97 bits per heavy atom. The first-order chi connectivity index (χ1) is 15.8. The molecule has 2 heterocycles. The summed E-state index contributed by atoms with van der Waals surface area (Å²) in [6.45, 7) is 8.52. The van der Waals surface area contributed by atoms with Gasteiger partial charge in [-0.15, -0.1) is 0 Å². The Bertz CT molecular complexity index is 1230. The van der Waals surface area contributed by atoms with E-state index in [1.165, 1.54) is 0 Å². The highest BCUT2D eigenvalue weighted by molar-refractivity contribution is 6.08. The smallest absolute Gasteiger partial charge is 0.226 e. The third kappa shape index (κ3) is 4.11. The molecule has 0 spiro atoms. The van der Waals surface area contributed by atoms with Crippen molar-refractivity contribution in [2.75, 3.05) is 19.0 Å². The van der Waals surface area contributed by atoms with E-state index in [4.69, 9.17) is 14.6 Å². The maximum Gasteiger partial charge on any atom is 0.226 e. The zero-order valence-corrected chi connectivity index (χ0v) is 19.7. The number of hydrogen-bond donors (Lipinski definition) is 1. The lowest BCUT2D eigenvalue weighted by Gasteiger charge is -2.24. The average Bonchev–Trinajstić information content (AvgIpc) is 3.14. The van der Waals surface area contributed by atoms with Gasteiger partial charge in [-0.05, 0) is 62.6 Å². The molecule has 1 amide bonds. The third-order valence-electron chi connectivity index (χ3n) is 6.13. The van der Waals surface area contributed by atoms with Gasteiger partial charge < -0.3 is 14.8 Å². The molecular weight excluding hydrogens is 418 g/mol. The van der Waals surface area contributed by atoms with Crippen molar-refractivity contribution < 1.29 is 19.1 Å². The van der Waals surface area contributed by atoms with Crippen molar-refractivity contribution >= 4 is 17.5 Å². The Balaban J connectivity index is 1.76. The Morgan fingerprint density at radius 1 is 1.18 bits per heavy atom. The Morgan fingerprint density at radius 3 is 2.70 bits per heavy atom. The monoisotopic (exact) mass is 447 g/mol. The molecule has 172 valence electrons. The minimum absolute atomic E-state index is 0.0710. The van der Waals surface area contributed by atoms with Crippen LogP contribution in [0.3, 0.4) is 0 Å². The number of nitrogens with zero attached hydrogens (tertiary/aromatic N) is 2. The van der Waals surface area contributed by atoms with Crippen molar-refractivity contribution in [1.29, 1.82) is 0 Å². The van der Waals surface area contributed by atoms with Gasteiger partial charge in [0.05, 0.1) is 31.0 Å². The van der Waals surface area contributed by atoms with Gasteiger partial charge in [-0.3, -0.25) is 9.59 Å². The third-order valence-corrected chi connectivity index (χ3v) is 6.13. The van der Waals surface area contributed by atoms with Gasteiger partial charge in [0.15, 0.2) is 17.3 Å². The topological polar surface area (TPSA) is 82.5 Å². The van der Waals surface area contributed by atoms with Crippen LogP contribution in [0, 0.1) is 20.8 Å². The Hall–Kier alpha value is -3.61. The second-order valence-electron chi connectivity index (χ2n) is 8.36. The van der Waals surface area contributed by atoms with E-state index in [0.29, 0.717) is 29.5 Å². The van der Waals surface area contributed by atoms with E-state index >= 15 is 0 Å². The van der Waals surface area contributed by atoms with E-state index < -0.39 is 5.92 Å². The molecule has 33 heavy (non-hydrogen) atoms. The summed E-state index contributed by atoms with van der Waals surface area (Å²) in [6.07, 6.45) is 0.940. The molecule has 1 aliphatic heterocycles. The molecule has 3 aromatic rings. The number of carbonyl (C=O) groups is 2. The van der Waals surface area contributed by atoms with Crippen LogP contribution < -0.4 is 14.8 Å². The van der Waals surface area contributed by atoms with Crippen LogP contribution in [0.1, 0.15) is 58.4 Å². The van der Waals surface area contributed by atoms with Gasteiger partial charge >= 0.3 is 0 Å². The lowest BCUT2D eigenvalue weighted by molar-refractivity contribution is -0.116. The number of aromatic nitrogens is 2. The zero-order valence-electron chi connectivity index (χ0n) is 19.7. The van der Waals surface area contributed by atoms with Gasteiger partial charge in [0.2, 0.25) is 5.91 Å². The first-order valence-electron chi connectivity index (χ1n) is 11.2. The number of aryl methyl sites for hydroxylation is 2. The van der Waals surface area contributed by atoms with Gasteiger partial charge in [0.25, 0.3) is 0 Å². The summed E-state index contributed by atoms with van der Waals surface area (Å²) in [7, 11) is 1.55. The largest absolute Gasteiger partial charge is 0.493 e.